The molecule has 0 N–H and O–H groups in total. The molecule has 36 heavy (non-hydrogen) atoms. The van der Waals surface area contributed by atoms with Gasteiger partial charge in [-0.2, -0.15) is 0 Å². The Balaban J connectivity index is 1.82. The third-order valence-electron chi connectivity index (χ3n) is 6.04. The lowest BCUT2D eigenvalue weighted by Gasteiger charge is -2.46. The molecule has 2 aromatic carbocycles. The van der Waals surface area contributed by atoms with E-state index >= 15 is 0 Å². The van der Waals surface area contributed by atoms with Gasteiger partial charge >= 0.3 is 5.97 Å². The van der Waals surface area contributed by atoms with Crippen LogP contribution in [0.1, 0.15) is 15.2 Å². The lowest BCUT2D eigenvalue weighted by molar-refractivity contribution is -0.384. The van der Waals surface area contributed by atoms with E-state index in [1.165, 1.54) is 30.6 Å². The van der Waals surface area contributed by atoms with Gasteiger partial charge in [-0.15, -0.1) is 11.3 Å². The van der Waals surface area contributed by atoms with Crippen molar-refractivity contribution in [1.29, 1.82) is 0 Å². The highest BCUT2D eigenvalue weighted by molar-refractivity contribution is 7.71. The summed E-state index contributed by atoms with van der Waals surface area (Å²) in [6, 6.07) is 18.0. The van der Waals surface area contributed by atoms with Crippen molar-refractivity contribution in [3.8, 4) is 0 Å². The van der Waals surface area contributed by atoms with E-state index in [0.717, 1.165) is 16.7 Å². The Morgan fingerprint density at radius 3 is 2.61 bits per heavy atom. The molecule has 3 aromatic rings. The van der Waals surface area contributed by atoms with Crippen molar-refractivity contribution in [2.45, 2.75) is 0 Å². The maximum absolute atomic E-state index is 12.5. The minimum absolute atomic E-state index is 0.0335. The zero-order valence-corrected chi connectivity index (χ0v) is 21.4. The van der Waals surface area contributed by atoms with E-state index in [9.17, 15) is 14.9 Å². The first-order chi connectivity index (χ1) is 17.4. The maximum atomic E-state index is 12.5. The molecule has 0 bridgehead atoms. The molecule has 0 radical (unpaired) electrons. The van der Waals surface area contributed by atoms with Crippen molar-refractivity contribution >= 4 is 52.2 Å². The first-order valence-corrected chi connectivity index (χ1v) is 13.7. The van der Waals surface area contributed by atoms with Crippen LogP contribution in [0.15, 0.2) is 70.4 Å². The molecule has 2 aliphatic heterocycles. The summed E-state index contributed by atoms with van der Waals surface area (Å²) < 4.78 is 20.3. The van der Waals surface area contributed by atoms with Gasteiger partial charge in [0.15, 0.2) is 7.36 Å². The second kappa shape index (κ2) is 9.94. The Morgan fingerprint density at radius 2 is 1.92 bits per heavy atom. The Hall–Kier alpha value is -3.37. The number of amidine groups is 1. The average molecular weight is 526 g/mol. The van der Waals surface area contributed by atoms with Crippen LogP contribution < -0.4 is 5.30 Å². The molecular weight excluding hydrogens is 501 g/mol. The Morgan fingerprint density at radius 1 is 1.17 bits per heavy atom. The highest BCUT2D eigenvalue weighted by Crippen LogP contribution is 2.62. The van der Waals surface area contributed by atoms with Gasteiger partial charge in [0.05, 0.1) is 36.2 Å². The number of carbonyl (C=O) groups is 1. The monoisotopic (exact) mass is 525 g/mol. The maximum Gasteiger partial charge on any atom is 0.348 e. The van der Waals surface area contributed by atoms with E-state index < -0.39 is 18.2 Å². The van der Waals surface area contributed by atoms with Crippen molar-refractivity contribution < 1.29 is 19.2 Å². The summed E-state index contributed by atoms with van der Waals surface area (Å²) in [5.74, 6) is 0.277. The summed E-state index contributed by atoms with van der Waals surface area (Å²) in [5, 5.41) is 13.0. The Bertz CT molecular complexity index is 1400. The SMILES string of the molecule is COC(=O)c1cc2c(s1)N=C(c1ccccc1)N(C)P2(=Nc1cccc([N+](=O)[O-])c1)N1CCOCC1. The van der Waals surface area contributed by atoms with Crippen LogP contribution in [0, 0.1) is 10.1 Å². The zero-order valence-electron chi connectivity index (χ0n) is 19.7. The number of esters is 1. The molecule has 1 saturated heterocycles. The fourth-order valence-electron chi connectivity index (χ4n) is 4.36. The molecule has 0 amide bonds. The number of rotatable bonds is 5. The topological polar surface area (TPSA) is 110 Å². The molecule has 10 nitrogen and oxygen atoms in total. The number of nitro groups is 1. The first kappa shape index (κ1) is 24.3. The number of hydrogen-bond donors (Lipinski definition) is 0. The van der Waals surface area contributed by atoms with Crippen molar-refractivity contribution in [2.75, 3.05) is 40.5 Å². The molecule has 1 atom stereocenters. The normalized spacial score (nSPS) is 19.8. The van der Waals surface area contributed by atoms with Gasteiger partial charge in [-0.25, -0.2) is 19.2 Å². The number of methoxy groups -OCH3 is 1. The van der Waals surface area contributed by atoms with Crippen LogP contribution in [0.2, 0.25) is 0 Å². The summed E-state index contributed by atoms with van der Waals surface area (Å²) in [4.78, 5) is 29.0. The summed E-state index contributed by atoms with van der Waals surface area (Å²) in [6.07, 6.45) is 0. The van der Waals surface area contributed by atoms with Gasteiger partial charge in [0, 0.05) is 37.8 Å². The number of ether oxygens (including phenoxy) is 2. The predicted molar refractivity (Wildman–Crippen MR) is 140 cm³/mol. The lowest BCUT2D eigenvalue weighted by atomic mass is 10.2. The number of nitrogens with zero attached hydrogens (tertiary/aromatic N) is 5. The number of nitro benzene ring substituents is 1. The third kappa shape index (κ3) is 4.24. The van der Waals surface area contributed by atoms with Crippen LogP contribution in [-0.4, -0.2) is 66.5 Å². The molecule has 1 unspecified atom stereocenters. The van der Waals surface area contributed by atoms with Crippen LogP contribution in [0.5, 0.6) is 0 Å². The van der Waals surface area contributed by atoms with Gasteiger partial charge in [-0.1, -0.05) is 36.4 Å². The standard InChI is InChI=1S/C24H24N5O5PS/c1-27-22(17-7-4-3-5-8-17)25-23-20(16-21(36-23)24(30)33-2)35(27,28-11-13-34-14-12-28)26-18-9-6-10-19(15-18)29(31)32/h3-10,15-16H,11-14H2,1-2H3. The number of thiophene rings is 1. The van der Waals surface area contributed by atoms with Crippen molar-refractivity contribution in [3.63, 3.8) is 0 Å². The molecule has 12 heteroatoms. The highest BCUT2D eigenvalue weighted by atomic mass is 32.1. The van der Waals surface area contributed by atoms with Gasteiger partial charge in [-0.05, 0) is 12.1 Å². The molecule has 5 rings (SSSR count). The van der Waals surface area contributed by atoms with Gasteiger partial charge in [0.25, 0.3) is 5.69 Å². The molecule has 0 aliphatic carbocycles. The van der Waals surface area contributed by atoms with E-state index in [1.54, 1.807) is 12.1 Å². The van der Waals surface area contributed by atoms with E-state index in [-0.39, 0.29) is 5.69 Å². The lowest BCUT2D eigenvalue weighted by Crippen LogP contribution is -2.45. The number of non-ortho nitro benzene ring substituents is 1. The molecule has 2 aliphatic rings. The molecule has 0 spiro atoms. The van der Waals surface area contributed by atoms with Gasteiger partial charge in [0.2, 0.25) is 0 Å². The number of hydrogen-bond acceptors (Lipinski definition) is 8. The third-order valence-corrected chi connectivity index (χ3v) is 10.9. The number of benzene rings is 2. The number of aliphatic imine (C=N–C) groups is 1. The molecule has 1 fully saturated rings. The molecule has 1 aromatic heterocycles. The Labute approximate surface area is 212 Å². The summed E-state index contributed by atoms with van der Waals surface area (Å²) in [6.45, 7) is 2.28. The van der Waals surface area contributed by atoms with Crippen molar-refractivity contribution in [2.24, 2.45) is 9.74 Å². The van der Waals surface area contributed by atoms with E-state index in [2.05, 4.69) is 9.34 Å². The minimum atomic E-state index is -2.81. The highest BCUT2D eigenvalue weighted by Gasteiger charge is 2.43. The fraction of sp³-hybridized carbons (Fsp3) is 0.250. The van der Waals surface area contributed by atoms with Crippen LogP contribution in [0.4, 0.5) is 16.4 Å². The van der Waals surface area contributed by atoms with Gasteiger partial charge in [-0.3, -0.25) is 10.1 Å². The first-order valence-electron chi connectivity index (χ1n) is 11.2. The second-order valence-electron chi connectivity index (χ2n) is 8.13. The Kier molecular flexibility index (Phi) is 6.72. The van der Waals surface area contributed by atoms with E-state index in [4.69, 9.17) is 19.2 Å². The molecular formula is C24H24N5O5PS. The summed E-state index contributed by atoms with van der Waals surface area (Å²) >= 11 is 1.27. The van der Waals surface area contributed by atoms with Crippen molar-refractivity contribution in [1.82, 2.24) is 9.34 Å². The predicted octanol–water partition coefficient (Wildman–Crippen LogP) is 4.79. The van der Waals surface area contributed by atoms with Crippen LogP contribution >= 0.6 is 18.7 Å². The second-order valence-corrected chi connectivity index (χ2v) is 12.1. The van der Waals surface area contributed by atoms with Crippen molar-refractivity contribution in [3.05, 3.63) is 81.2 Å². The quantitative estimate of drug-likeness (QED) is 0.204. The molecule has 0 saturated carbocycles. The van der Waals surface area contributed by atoms with Gasteiger partial charge < -0.3 is 14.1 Å². The number of fused-ring (bicyclic) bond motifs is 1. The largest absolute Gasteiger partial charge is 0.465 e. The van der Waals surface area contributed by atoms with Crippen LogP contribution in [0.3, 0.4) is 0 Å². The number of morpholine rings is 1. The summed E-state index contributed by atoms with van der Waals surface area (Å²) in [7, 11) is 0.495. The number of carbonyl (C=O) groups excluding carboxylic acids is 1. The van der Waals surface area contributed by atoms with Crippen LogP contribution in [0.25, 0.3) is 0 Å². The molecule has 3 heterocycles. The zero-order chi connectivity index (χ0) is 25.3. The summed E-state index contributed by atoms with van der Waals surface area (Å²) in [5.41, 5.74) is 1.36. The van der Waals surface area contributed by atoms with E-state index in [1.807, 2.05) is 43.4 Å². The van der Waals surface area contributed by atoms with E-state index in [0.29, 0.717) is 41.9 Å². The smallest absolute Gasteiger partial charge is 0.348 e. The van der Waals surface area contributed by atoms with Crippen LogP contribution in [-0.2, 0) is 9.47 Å². The molecule has 186 valence electrons. The minimum Gasteiger partial charge on any atom is -0.465 e. The fourth-order valence-corrected chi connectivity index (χ4v) is 9.37. The average Bonchev–Trinajstić information content (AvgIpc) is 3.35. The van der Waals surface area contributed by atoms with Gasteiger partial charge in [0.1, 0.15) is 15.7 Å².